The summed E-state index contributed by atoms with van der Waals surface area (Å²) in [6, 6.07) is 20.3. The molecular formula is C28H31N5O2. The zero-order chi connectivity index (χ0) is 23.9. The standard InChI is InChI=1S/C28H31N5O2/c34-24(29-18-10-13-21-11-4-1-5-12-21)17-16-23-30-27(33-19-8-3-9-20-33)25-26(32-35-28(25)31-23)22-14-6-2-7-15-22/h1-2,4-7,11-12,14-15H,3,8-10,13,16-20H2,(H,29,34). The van der Waals surface area contributed by atoms with Crippen molar-refractivity contribution in [3.63, 3.8) is 0 Å². The van der Waals surface area contributed by atoms with E-state index in [9.17, 15) is 4.79 Å². The fraction of sp³-hybridized carbons (Fsp3) is 0.357. The number of carbonyl (C=O) groups is 1. The Balaban J connectivity index is 1.28. The van der Waals surface area contributed by atoms with Crippen LogP contribution >= 0.6 is 0 Å². The van der Waals surface area contributed by atoms with Crippen molar-refractivity contribution in [3.05, 3.63) is 72.1 Å². The molecule has 1 fully saturated rings. The van der Waals surface area contributed by atoms with E-state index in [-0.39, 0.29) is 5.91 Å². The van der Waals surface area contributed by atoms with Crippen LogP contribution in [0.15, 0.2) is 65.2 Å². The number of anilines is 1. The Bertz CT molecular complexity index is 1250. The number of nitrogens with zero attached hydrogens (tertiary/aromatic N) is 4. The summed E-state index contributed by atoms with van der Waals surface area (Å²) >= 11 is 0. The second-order valence-electron chi connectivity index (χ2n) is 9.03. The van der Waals surface area contributed by atoms with Crippen LogP contribution in [0.25, 0.3) is 22.4 Å². The molecule has 3 heterocycles. The topological polar surface area (TPSA) is 84.2 Å². The van der Waals surface area contributed by atoms with Gasteiger partial charge in [-0.05, 0) is 37.7 Å². The average molecular weight is 470 g/mol. The minimum absolute atomic E-state index is 0.0174. The van der Waals surface area contributed by atoms with E-state index in [2.05, 4.69) is 32.5 Å². The average Bonchev–Trinajstić information content (AvgIpc) is 3.35. The Morgan fingerprint density at radius 2 is 1.66 bits per heavy atom. The second-order valence-corrected chi connectivity index (χ2v) is 9.03. The van der Waals surface area contributed by atoms with E-state index < -0.39 is 0 Å². The third-order valence-corrected chi connectivity index (χ3v) is 6.45. The molecule has 0 bridgehead atoms. The van der Waals surface area contributed by atoms with E-state index in [1.807, 2.05) is 48.5 Å². The number of nitrogens with one attached hydrogen (secondary N) is 1. The molecular weight excluding hydrogens is 438 g/mol. The maximum Gasteiger partial charge on any atom is 0.263 e. The van der Waals surface area contributed by atoms with Crippen molar-refractivity contribution in [2.24, 2.45) is 0 Å². The predicted molar refractivity (Wildman–Crippen MR) is 137 cm³/mol. The number of aryl methyl sites for hydroxylation is 2. The highest BCUT2D eigenvalue weighted by atomic mass is 16.5. The van der Waals surface area contributed by atoms with Gasteiger partial charge in [0.2, 0.25) is 5.91 Å². The van der Waals surface area contributed by atoms with Gasteiger partial charge >= 0.3 is 0 Å². The zero-order valence-corrected chi connectivity index (χ0v) is 19.9. The molecule has 1 N–H and O–H groups in total. The molecule has 1 saturated heterocycles. The first-order valence-corrected chi connectivity index (χ1v) is 12.6. The summed E-state index contributed by atoms with van der Waals surface area (Å²) in [5, 5.41) is 8.23. The highest BCUT2D eigenvalue weighted by Gasteiger charge is 2.23. The van der Waals surface area contributed by atoms with Gasteiger partial charge in [0.15, 0.2) is 0 Å². The van der Waals surface area contributed by atoms with Crippen LogP contribution in [0.1, 0.15) is 43.5 Å². The molecule has 0 unspecified atom stereocenters. The van der Waals surface area contributed by atoms with Gasteiger partial charge in [0.05, 0.1) is 0 Å². The molecule has 0 spiro atoms. The van der Waals surface area contributed by atoms with Gasteiger partial charge in [-0.1, -0.05) is 65.8 Å². The predicted octanol–water partition coefficient (Wildman–Crippen LogP) is 4.96. The van der Waals surface area contributed by atoms with Crippen molar-refractivity contribution >= 4 is 22.8 Å². The Hall–Kier alpha value is -3.74. The summed E-state index contributed by atoms with van der Waals surface area (Å²) in [6.45, 7) is 2.56. The van der Waals surface area contributed by atoms with Crippen molar-refractivity contribution in [1.29, 1.82) is 0 Å². The molecule has 35 heavy (non-hydrogen) atoms. The van der Waals surface area contributed by atoms with E-state index in [4.69, 9.17) is 9.51 Å². The monoisotopic (exact) mass is 469 g/mol. The zero-order valence-electron chi connectivity index (χ0n) is 19.9. The van der Waals surface area contributed by atoms with Crippen LogP contribution in [0.3, 0.4) is 0 Å². The maximum absolute atomic E-state index is 12.5. The van der Waals surface area contributed by atoms with Crippen LogP contribution in [0.2, 0.25) is 0 Å². The largest absolute Gasteiger partial charge is 0.356 e. The molecule has 0 saturated carbocycles. The van der Waals surface area contributed by atoms with E-state index >= 15 is 0 Å². The number of carbonyl (C=O) groups excluding carboxylic acids is 1. The summed E-state index contributed by atoms with van der Waals surface area (Å²) in [7, 11) is 0. The number of piperidine rings is 1. The fourth-order valence-electron chi connectivity index (χ4n) is 4.60. The first-order valence-electron chi connectivity index (χ1n) is 12.6. The molecule has 1 aliphatic rings. The minimum Gasteiger partial charge on any atom is -0.356 e. The van der Waals surface area contributed by atoms with Gasteiger partial charge < -0.3 is 14.7 Å². The van der Waals surface area contributed by atoms with Crippen LogP contribution in [0.5, 0.6) is 0 Å². The van der Waals surface area contributed by atoms with Gasteiger partial charge in [0.1, 0.15) is 22.7 Å². The van der Waals surface area contributed by atoms with Gasteiger partial charge in [-0.15, -0.1) is 0 Å². The first kappa shape index (κ1) is 23.0. The molecule has 0 atom stereocenters. The van der Waals surface area contributed by atoms with Crippen LogP contribution in [0, 0.1) is 0 Å². The molecule has 0 radical (unpaired) electrons. The SMILES string of the molecule is O=C(CCc1nc(N2CCCCC2)c2c(-c3ccccc3)noc2n1)NCCCc1ccccc1. The Morgan fingerprint density at radius 3 is 2.43 bits per heavy atom. The Labute approximate surface area is 205 Å². The first-order chi connectivity index (χ1) is 17.3. The normalized spacial score (nSPS) is 13.8. The number of rotatable bonds is 9. The molecule has 180 valence electrons. The van der Waals surface area contributed by atoms with Crippen LogP contribution in [-0.4, -0.2) is 40.7 Å². The van der Waals surface area contributed by atoms with Gasteiger partial charge in [-0.2, -0.15) is 4.98 Å². The van der Waals surface area contributed by atoms with Crippen molar-refractivity contribution in [1.82, 2.24) is 20.4 Å². The summed E-state index contributed by atoms with van der Waals surface area (Å²) in [4.78, 5) is 24.3. The fourth-order valence-corrected chi connectivity index (χ4v) is 4.60. The number of benzene rings is 2. The lowest BCUT2D eigenvalue weighted by molar-refractivity contribution is -0.121. The number of fused-ring (bicyclic) bond motifs is 1. The molecule has 2 aromatic heterocycles. The van der Waals surface area contributed by atoms with E-state index in [1.165, 1.54) is 12.0 Å². The van der Waals surface area contributed by atoms with Crippen LogP contribution < -0.4 is 10.2 Å². The highest BCUT2D eigenvalue weighted by molar-refractivity contribution is 5.98. The lowest BCUT2D eigenvalue weighted by Gasteiger charge is -2.28. The highest BCUT2D eigenvalue weighted by Crippen LogP contribution is 2.34. The van der Waals surface area contributed by atoms with Crippen LogP contribution in [0.4, 0.5) is 5.82 Å². The Kier molecular flexibility index (Phi) is 7.32. The Morgan fingerprint density at radius 1 is 0.914 bits per heavy atom. The molecule has 2 aromatic carbocycles. The number of hydrogen-bond donors (Lipinski definition) is 1. The smallest absolute Gasteiger partial charge is 0.263 e. The summed E-state index contributed by atoms with van der Waals surface area (Å²) in [6.07, 6.45) is 6.18. The summed E-state index contributed by atoms with van der Waals surface area (Å²) in [5.74, 6) is 1.50. The van der Waals surface area contributed by atoms with Gasteiger partial charge in [0.25, 0.3) is 5.71 Å². The van der Waals surface area contributed by atoms with Gasteiger partial charge in [-0.25, -0.2) is 4.98 Å². The van der Waals surface area contributed by atoms with Crippen molar-refractivity contribution in [2.45, 2.75) is 44.9 Å². The third kappa shape index (κ3) is 5.67. The molecule has 7 heteroatoms. The number of hydrogen-bond acceptors (Lipinski definition) is 6. The second kappa shape index (κ2) is 11.1. The quantitative estimate of drug-likeness (QED) is 0.349. The summed E-state index contributed by atoms with van der Waals surface area (Å²) < 4.78 is 5.68. The molecule has 4 aromatic rings. The lowest BCUT2D eigenvalue weighted by atomic mass is 10.1. The number of aromatic nitrogens is 3. The maximum atomic E-state index is 12.5. The minimum atomic E-state index is 0.0174. The molecule has 1 aliphatic heterocycles. The van der Waals surface area contributed by atoms with E-state index in [0.29, 0.717) is 30.9 Å². The van der Waals surface area contributed by atoms with Crippen molar-refractivity contribution < 1.29 is 9.32 Å². The molecule has 0 aliphatic carbocycles. The summed E-state index contributed by atoms with van der Waals surface area (Å²) in [5.41, 5.74) is 3.52. The van der Waals surface area contributed by atoms with Gasteiger partial charge in [-0.3, -0.25) is 4.79 Å². The van der Waals surface area contributed by atoms with E-state index in [0.717, 1.165) is 61.2 Å². The van der Waals surface area contributed by atoms with Crippen molar-refractivity contribution in [2.75, 3.05) is 24.5 Å². The van der Waals surface area contributed by atoms with Crippen LogP contribution in [-0.2, 0) is 17.6 Å². The van der Waals surface area contributed by atoms with Crippen molar-refractivity contribution in [3.8, 4) is 11.3 Å². The lowest BCUT2D eigenvalue weighted by Crippen LogP contribution is -2.31. The molecule has 1 amide bonds. The number of amides is 1. The molecule has 5 rings (SSSR count). The molecule has 7 nitrogen and oxygen atoms in total. The van der Waals surface area contributed by atoms with E-state index in [1.54, 1.807) is 0 Å². The third-order valence-electron chi connectivity index (χ3n) is 6.45. The van der Waals surface area contributed by atoms with Gasteiger partial charge in [0, 0.05) is 38.0 Å².